The van der Waals surface area contributed by atoms with Crippen molar-refractivity contribution >= 4 is 0 Å². The van der Waals surface area contributed by atoms with Gasteiger partial charge in [-0.15, -0.1) is 0 Å². The predicted octanol–water partition coefficient (Wildman–Crippen LogP) is 4.44. The maximum Gasteiger partial charge on any atom is 0.0276 e. The molecule has 1 heteroatoms. The zero-order valence-electron chi connectivity index (χ0n) is 11.5. The predicted molar refractivity (Wildman–Crippen MR) is 75.2 cm³/mol. The van der Waals surface area contributed by atoms with Crippen molar-refractivity contribution in [2.45, 2.75) is 76.7 Å². The van der Waals surface area contributed by atoms with Gasteiger partial charge in [-0.1, -0.05) is 43.8 Å². The van der Waals surface area contributed by atoms with Gasteiger partial charge in [-0.2, -0.15) is 0 Å². The molecule has 1 saturated carbocycles. The van der Waals surface area contributed by atoms with Crippen molar-refractivity contribution in [1.82, 2.24) is 5.32 Å². The van der Waals surface area contributed by atoms with Crippen molar-refractivity contribution in [2.24, 2.45) is 5.92 Å². The highest BCUT2D eigenvalue weighted by Gasteiger charge is 2.19. The van der Waals surface area contributed by atoms with E-state index >= 15 is 0 Å². The largest absolute Gasteiger partial charge is 0.313 e. The molecule has 1 fully saturated rings. The Morgan fingerprint density at radius 3 is 2.76 bits per heavy atom. The minimum absolute atomic E-state index is 0.675. The zero-order valence-corrected chi connectivity index (χ0v) is 11.5. The monoisotopic (exact) mass is 235 g/mol. The van der Waals surface area contributed by atoms with E-state index in [1.165, 1.54) is 70.6 Å². The first-order chi connectivity index (χ1) is 8.40. The van der Waals surface area contributed by atoms with Gasteiger partial charge in [0.25, 0.3) is 0 Å². The highest BCUT2D eigenvalue weighted by atomic mass is 14.9. The molecule has 1 N–H and O–H groups in total. The van der Waals surface area contributed by atoms with Crippen LogP contribution >= 0.6 is 0 Å². The van der Waals surface area contributed by atoms with Crippen LogP contribution in [0.3, 0.4) is 0 Å². The third-order valence-corrected chi connectivity index (χ3v) is 4.71. The Bertz CT molecular complexity index is 238. The molecule has 0 aromatic carbocycles. The molecule has 1 nitrogen and oxygen atoms in total. The van der Waals surface area contributed by atoms with E-state index in [1.54, 1.807) is 5.57 Å². The van der Waals surface area contributed by atoms with E-state index in [4.69, 9.17) is 0 Å². The molecule has 0 spiro atoms. The van der Waals surface area contributed by atoms with Crippen LogP contribution in [0.5, 0.6) is 0 Å². The lowest BCUT2D eigenvalue weighted by Gasteiger charge is -2.21. The summed E-state index contributed by atoms with van der Waals surface area (Å²) in [4.78, 5) is 0. The van der Waals surface area contributed by atoms with E-state index in [1.807, 2.05) is 0 Å². The first kappa shape index (κ1) is 13.1. The SMILES string of the molecule is CNC(CCC1CCCC1)C1=CCCCCC1. The molecule has 1 unspecified atom stereocenters. The van der Waals surface area contributed by atoms with Crippen LogP contribution in [0.25, 0.3) is 0 Å². The molecule has 0 aliphatic heterocycles. The summed E-state index contributed by atoms with van der Waals surface area (Å²) >= 11 is 0. The fourth-order valence-electron chi connectivity index (χ4n) is 3.57. The maximum atomic E-state index is 3.56. The van der Waals surface area contributed by atoms with Crippen molar-refractivity contribution in [3.8, 4) is 0 Å². The van der Waals surface area contributed by atoms with E-state index < -0.39 is 0 Å². The molecule has 0 aromatic rings. The van der Waals surface area contributed by atoms with Crippen LogP contribution < -0.4 is 5.32 Å². The normalized spacial score (nSPS) is 24.4. The zero-order chi connectivity index (χ0) is 11.9. The second-order valence-corrected chi connectivity index (χ2v) is 5.95. The van der Waals surface area contributed by atoms with Crippen molar-refractivity contribution in [3.05, 3.63) is 11.6 Å². The van der Waals surface area contributed by atoms with Gasteiger partial charge in [-0.25, -0.2) is 0 Å². The molecular weight excluding hydrogens is 206 g/mol. The van der Waals surface area contributed by atoms with Crippen LogP contribution in [0.4, 0.5) is 0 Å². The Hall–Kier alpha value is -0.300. The Kier molecular flexibility index (Phi) is 5.57. The second kappa shape index (κ2) is 7.20. The molecule has 2 rings (SSSR count). The Labute approximate surface area is 107 Å². The summed E-state index contributed by atoms with van der Waals surface area (Å²) in [6.45, 7) is 0. The van der Waals surface area contributed by atoms with Gasteiger partial charge in [-0.05, 0) is 51.5 Å². The third-order valence-electron chi connectivity index (χ3n) is 4.71. The Morgan fingerprint density at radius 2 is 2.00 bits per heavy atom. The van der Waals surface area contributed by atoms with E-state index in [9.17, 15) is 0 Å². The van der Waals surface area contributed by atoms with Crippen molar-refractivity contribution in [3.63, 3.8) is 0 Å². The molecule has 0 bridgehead atoms. The minimum Gasteiger partial charge on any atom is -0.313 e. The van der Waals surface area contributed by atoms with Gasteiger partial charge >= 0.3 is 0 Å². The minimum atomic E-state index is 0.675. The molecule has 0 radical (unpaired) electrons. The fraction of sp³-hybridized carbons (Fsp3) is 0.875. The van der Waals surface area contributed by atoms with Crippen LogP contribution in [-0.2, 0) is 0 Å². The van der Waals surface area contributed by atoms with Gasteiger partial charge in [0.2, 0.25) is 0 Å². The molecule has 2 aliphatic carbocycles. The lowest BCUT2D eigenvalue weighted by molar-refractivity contribution is 0.438. The van der Waals surface area contributed by atoms with E-state index in [2.05, 4.69) is 18.4 Å². The summed E-state index contributed by atoms with van der Waals surface area (Å²) in [5.74, 6) is 1.04. The number of likely N-dealkylation sites (N-methyl/N-ethyl adjacent to an activating group) is 1. The summed E-state index contributed by atoms with van der Waals surface area (Å²) in [6, 6.07) is 0.675. The van der Waals surface area contributed by atoms with Crippen molar-refractivity contribution < 1.29 is 0 Å². The number of nitrogens with one attached hydrogen (secondary N) is 1. The van der Waals surface area contributed by atoms with Crippen LogP contribution in [0.1, 0.15) is 70.6 Å². The Balaban J connectivity index is 1.79. The molecule has 1 atom stereocenters. The summed E-state index contributed by atoms with van der Waals surface area (Å²) in [5.41, 5.74) is 1.71. The molecule has 0 heterocycles. The Morgan fingerprint density at radius 1 is 1.18 bits per heavy atom. The molecule has 98 valence electrons. The van der Waals surface area contributed by atoms with Gasteiger partial charge < -0.3 is 5.32 Å². The molecule has 17 heavy (non-hydrogen) atoms. The van der Waals surface area contributed by atoms with Crippen LogP contribution in [-0.4, -0.2) is 13.1 Å². The maximum absolute atomic E-state index is 3.56. The topological polar surface area (TPSA) is 12.0 Å². The number of hydrogen-bond donors (Lipinski definition) is 1. The molecule has 0 amide bonds. The average molecular weight is 235 g/mol. The summed E-state index contributed by atoms with van der Waals surface area (Å²) in [6.07, 6.45) is 18.2. The summed E-state index contributed by atoms with van der Waals surface area (Å²) in [7, 11) is 2.14. The highest BCUT2D eigenvalue weighted by Crippen LogP contribution is 2.30. The van der Waals surface area contributed by atoms with Crippen LogP contribution in [0.15, 0.2) is 11.6 Å². The third kappa shape index (κ3) is 4.13. The fourth-order valence-corrected chi connectivity index (χ4v) is 3.57. The van der Waals surface area contributed by atoms with E-state index in [0.29, 0.717) is 6.04 Å². The molecule has 0 aromatic heterocycles. The second-order valence-electron chi connectivity index (χ2n) is 5.95. The quantitative estimate of drug-likeness (QED) is 0.695. The van der Waals surface area contributed by atoms with Gasteiger partial charge in [-0.3, -0.25) is 0 Å². The number of allylic oxidation sites excluding steroid dienone is 1. The van der Waals surface area contributed by atoms with Gasteiger partial charge in [0, 0.05) is 6.04 Å². The number of rotatable bonds is 5. The lowest BCUT2D eigenvalue weighted by atomic mass is 9.93. The highest BCUT2D eigenvalue weighted by molar-refractivity contribution is 5.12. The van der Waals surface area contributed by atoms with Crippen molar-refractivity contribution in [1.29, 1.82) is 0 Å². The smallest absolute Gasteiger partial charge is 0.0276 e. The first-order valence-electron chi connectivity index (χ1n) is 7.76. The number of hydrogen-bond acceptors (Lipinski definition) is 1. The first-order valence-corrected chi connectivity index (χ1v) is 7.76. The summed E-state index contributed by atoms with van der Waals surface area (Å²) < 4.78 is 0. The van der Waals surface area contributed by atoms with Crippen LogP contribution in [0.2, 0.25) is 0 Å². The van der Waals surface area contributed by atoms with Gasteiger partial charge in [0.15, 0.2) is 0 Å². The average Bonchev–Trinajstić information content (AvgIpc) is 2.72. The van der Waals surface area contributed by atoms with Crippen molar-refractivity contribution in [2.75, 3.05) is 7.05 Å². The molecule has 2 aliphatic rings. The van der Waals surface area contributed by atoms with Gasteiger partial charge in [0.1, 0.15) is 0 Å². The summed E-state index contributed by atoms with van der Waals surface area (Å²) in [5, 5.41) is 3.56. The van der Waals surface area contributed by atoms with Crippen LogP contribution in [0, 0.1) is 5.92 Å². The van der Waals surface area contributed by atoms with E-state index in [-0.39, 0.29) is 0 Å². The standard InChI is InChI=1S/C16H29N/c1-17-16(13-12-14-8-6-7-9-14)15-10-4-2-3-5-11-15/h10,14,16-17H,2-9,11-13H2,1H3. The van der Waals surface area contributed by atoms with E-state index in [0.717, 1.165) is 5.92 Å². The van der Waals surface area contributed by atoms with Gasteiger partial charge in [0.05, 0.1) is 0 Å². The lowest BCUT2D eigenvalue weighted by Crippen LogP contribution is -2.28. The molecular formula is C16H29N. The molecule has 0 saturated heterocycles.